The predicted octanol–water partition coefficient (Wildman–Crippen LogP) is 2.57. The number of halogens is 1. The summed E-state index contributed by atoms with van der Waals surface area (Å²) in [5.74, 6) is 5.78. The zero-order valence-corrected chi connectivity index (χ0v) is 13.5. The van der Waals surface area contributed by atoms with Gasteiger partial charge in [-0.25, -0.2) is 0 Å². The summed E-state index contributed by atoms with van der Waals surface area (Å²) in [6.07, 6.45) is 5.30. The van der Waals surface area contributed by atoms with Crippen LogP contribution in [0.3, 0.4) is 0 Å². The maximum absolute atomic E-state index is 6.39. The molecule has 0 saturated heterocycles. The average Bonchev–Trinajstić information content (AvgIpc) is 2.79. The van der Waals surface area contributed by atoms with Crippen LogP contribution in [0.5, 0.6) is 0 Å². The Labute approximate surface area is 130 Å². The van der Waals surface area contributed by atoms with E-state index in [9.17, 15) is 0 Å². The molecule has 0 radical (unpaired) electrons. The summed E-state index contributed by atoms with van der Waals surface area (Å²) in [5, 5.41) is 5.18. The van der Waals surface area contributed by atoms with Crippen LogP contribution in [0.25, 0.3) is 0 Å². The van der Waals surface area contributed by atoms with Crippen molar-refractivity contribution >= 4 is 11.6 Å². The maximum Gasteiger partial charge on any atom is 0.0847 e. The fourth-order valence-electron chi connectivity index (χ4n) is 2.59. The lowest BCUT2D eigenvalue weighted by molar-refractivity contribution is 0.513. The van der Waals surface area contributed by atoms with Crippen LogP contribution in [0.1, 0.15) is 42.4 Å². The lowest BCUT2D eigenvalue weighted by atomic mass is 9.97. The molecular weight excluding hydrogens is 286 g/mol. The number of aryl methyl sites for hydroxylation is 3. The van der Waals surface area contributed by atoms with E-state index in [-0.39, 0.29) is 6.04 Å². The highest BCUT2D eigenvalue weighted by Gasteiger charge is 2.20. The van der Waals surface area contributed by atoms with Gasteiger partial charge in [0.25, 0.3) is 0 Å². The zero-order valence-electron chi connectivity index (χ0n) is 12.7. The number of nitrogens with one attached hydrogen (secondary N) is 1. The number of hydrazine groups is 1. The molecule has 6 heteroatoms. The minimum absolute atomic E-state index is 0.0122. The summed E-state index contributed by atoms with van der Waals surface area (Å²) >= 11 is 6.39. The van der Waals surface area contributed by atoms with Gasteiger partial charge in [0.15, 0.2) is 0 Å². The molecule has 114 valence electrons. The minimum Gasteiger partial charge on any atom is -0.271 e. The lowest BCUT2D eigenvalue weighted by Gasteiger charge is -2.19. The molecule has 21 heavy (non-hydrogen) atoms. The van der Waals surface area contributed by atoms with Crippen LogP contribution in [-0.2, 0) is 19.4 Å². The number of aromatic nitrogens is 3. The van der Waals surface area contributed by atoms with E-state index in [4.69, 9.17) is 17.4 Å². The fraction of sp³-hybridized carbons (Fsp3) is 0.467. The Morgan fingerprint density at radius 2 is 2.19 bits per heavy atom. The minimum atomic E-state index is -0.0122. The second-order valence-electron chi connectivity index (χ2n) is 5.01. The third-order valence-electron chi connectivity index (χ3n) is 3.75. The number of hydrogen-bond acceptors (Lipinski definition) is 4. The molecule has 0 spiro atoms. The van der Waals surface area contributed by atoms with Gasteiger partial charge in [0.2, 0.25) is 0 Å². The molecule has 0 aromatic carbocycles. The van der Waals surface area contributed by atoms with Crippen molar-refractivity contribution in [3.05, 3.63) is 46.0 Å². The maximum atomic E-state index is 6.39. The van der Waals surface area contributed by atoms with Gasteiger partial charge in [-0.3, -0.25) is 20.9 Å². The average molecular weight is 308 g/mol. The molecule has 0 amide bonds. The van der Waals surface area contributed by atoms with Gasteiger partial charge in [-0.1, -0.05) is 18.5 Å². The Balaban J connectivity index is 2.36. The van der Waals surface area contributed by atoms with Crippen LogP contribution in [0.2, 0.25) is 5.02 Å². The Bertz CT molecular complexity index is 608. The Morgan fingerprint density at radius 3 is 2.81 bits per heavy atom. The van der Waals surface area contributed by atoms with E-state index in [0.29, 0.717) is 6.42 Å². The normalized spacial score (nSPS) is 12.6. The van der Waals surface area contributed by atoms with Crippen molar-refractivity contribution in [2.24, 2.45) is 5.84 Å². The number of hydrogen-bond donors (Lipinski definition) is 2. The van der Waals surface area contributed by atoms with Gasteiger partial charge >= 0.3 is 0 Å². The van der Waals surface area contributed by atoms with Crippen molar-refractivity contribution in [2.45, 2.75) is 46.2 Å². The number of nitrogens with two attached hydrogens (primary N) is 1. The fourth-order valence-corrected chi connectivity index (χ4v) is 2.80. The van der Waals surface area contributed by atoms with Gasteiger partial charge in [0.1, 0.15) is 0 Å². The van der Waals surface area contributed by atoms with E-state index in [1.807, 2.05) is 23.9 Å². The van der Waals surface area contributed by atoms with E-state index in [1.54, 1.807) is 6.20 Å². The summed E-state index contributed by atoms with van der Waals surface area (Å²) < 4.78 is 1.94. The third-order valence-corrected chi connectivity index (χ3v) is 4.24. The molecular formula is C15H22ClN5. The molecule has 0 aliphatic rings. The molecule has 0 bridgehead atoms. The van der Waals surface area contributed by atoms with Gasteiger partial charge in [0.05, 0.1) is 22.5 Å². The summed E-state index contributed by atoms with van der Waals surface area (Å²) in [6.45, 7) is 6.88. The van der Waals surface area contributed by atoms with Crippen molar-refractivity contribution in [1.29, 1.82) is 0 Å². The van der Waals surface area contributed by atoms with E-state index < -0.39 is 0 Å². The van der Waals surface area contributed by atoms with Gasteiger partial charge < -0.3 is 0 Å². The van der Waals surface area contributed by atoms with Crippen LogP contribution < -0.4 is 11.3 Å². The third kappa shape index (κ3) is 3.26. The summed E-state index contributed by atoms with van der Waals surface area (Å²) in [5.41, 5.74) is 7.12. The second kappa shape index (κ2) is 7.02. The van der Waals surface area contributed by atoms with Crippen molar-refractivity contribution in [1.82, 2.24) is 20.2 Å². The summed E-state index contributed by atoms with van der Waals surface area (Å²) in [4.78, 5) is 4.18. The highest BCUT2D eigenvalue weighted by Crippen LogP contribution is 2.27. The molecule has 2 rings (SSSR count). The van der Waals surface area contributed by atoms with Gasteiger partial charge in [-0.15, -0.1) is 0 Å². The molecule has 0 aliphatic carbocycles. The van der Waals surface area contributed by atoms with E-state index >= 15 is 0 Å². The summed E-state index contributed by atoms with van der Waals surface area (Å²) in [6, 6.07) is 2.00. The molecule has 1 unspecified atom stereocenters. The van der Waals surface area contributed by atoms with Crippen molar-refractivity contribution < 1.29 is 0 Å². The lowest BCUT2D eigenvalue weighted by Crippen LogP contribution is -2.31. The quantitative estimate of drug-likeness (QED) is 0.636. The van der Waals surface area contributed by atoms with Crippen LogP contribution in [-0.4, -0.2) is 14.8 Å². The highest BCUT2D eigenvalue weighted by molar-refractivity contribution is 6.31. The van der Waals surface area contributed by atoms with E-state index in [2.05, 4.69) is 29.4 Å². The van der Waals surface area contributed by atoms with Crippen molar-refractivity contribution in [3.63, 3.8) is 0 Å². The highest BCUT2D eigenvalue weighted by atomic mass is 35.5. The van der Waals surface area contributed by atoms with E-state index in [0.717, 1.165) is 34.9 Å². The predicted molar refractivity (Wildman–Crippen MR) is 85.0 cm³/mol. The Kier molecular flexibility index (Phi) is 5.33. The molecule has 5 nitrogen and oxygen atoms in total. The first-order valence-electron chi connectivity index (χ1n) is 7.23. The number of pyridine rings is 1. The first kappa shape index (κ1) is 15.9. The first-order valence-corrected chi connectivity index (χ1v) is 7.60. The topological polar surface area (TPSA) is 68.8 Å². The van der Waals surface area contributed by atoms with Gasteiger partial charge in [-0.05, 0) is 37.5 Å². The number of rotatable bonds is 6. The van der Waals surface area contributed by atoms with Crippen LogP contribution in [0, 0.1) is 6.92 Å². The van der Waals surface area contributed by atoms with E-state index in [1.165, 1.54) is 5.56 Å². The molecule has 0 saturated carbocycles. The summed E-state index contributed by atoms with van der Waals surface area (Å²) in [7, 11) is 0. The molecule has 0 fully saturated rings. The molecule has 2 aromatic rings. The second-order valence-corrected chi connectivity index (χ2v) is 5.39. The smallest absolute Gasteiger partial charge is 0.0847 e. The van der Waals surface area contributed by atoms with Crippen LogP contribution in [0.4, 0.5) is 0 Å². The zero-order chi connectivity index (χ0) is 15.4. The molecule has 2 heterocycles. The number of nitrogens with zero attached hydrogens (tertiary/aromatic N) is 3. The largest absolute Gasteiger partial charge is 0.271 e. The van der Waals surface area contributed by atoms with Crippen molar-refractivity contribution in [2.75, 3.05) is 0 Å². The SMILES string of the molecule is CCc1cnccc1C(Cc1c(Cl)c(C)nn1CC)NN. The molecule has 1 atom stereocenters. The van der Waals surface area contributed by atoms with Gasteiger partial charge in [-0.2, -0.15) is 5.10 Å². The Hall–Kier alpha value is -1.43. The van der Waals surface area contributed by atoms with Gasteiger partial charge in [0, 0.05) is 25.4 Å². The van der Waals surface area contributed by atoms with Crippen LogP contribution >= 0.6 is 11.6 Å². The molecule has 2 aromatic heterocycles. The monoisotopic (exact) mass is 307 g/mol. The van der Waals surface area contributed by atoms with Crippen molar-refractivity contribution in [3.8, 4) is 0 Å². The molecule has 3 N–H and O–H groups in total. The molecule has 0 aliphatic heterocycles. The first-order chi connectivity index (χ1) is 10.1. The standard InChI is InChI=1S/C15H22ClN5/c1-4-11-9-18-7-6-12(11)13(19-17)8-14-15(16)10(3)20-21(14)5-2/h6-7,9,13,19H,4-5,8,17H2,1-3H3. The van der Waals surface area contributed by atoms with Crippen LogP contribution in [0.15, 0.2) is 18.5 Å². The Morgan fingerprint density at radius 1 is 1.43 bits per heavy atom.